The maximum absolute atomic E-state index is 5.87. The lowest BCUT2D eigenvalue weighted by atomic mass is 10.0. The van der Waals surface area contributed by atoms with Gasteiger partial charge < -0.3 is 9.26 Å². The van der Waals surface area contributed by atoms with Crippen LogP contribution in [0.5, 0.6) is 0 Å². The second-order valence-corrected chi connectivity index (χ2v) is 6.19. The molecule has 1 unspecified atom stereocenters. The Balaban J connectivity index is 1.71. The van der Waals surface area contributed by atoms with Crippen molar-refractivity contribution in [3.05, 3.63) is 35.7 Å². The maximum Gasteiger partial charge on any atom is 0.258 e. The number of benzene rings is 1. The van der Waals surface area contributed by atoms with Gasteiger partial charge in [0.2, 0.25) is 0 Å². The lowest BCUT2D eigenvalue weighted by molar-refractivity contribution is -0.102. The van der Waals surface area contributed by atoms with Crippen LogP contribution in [0.25, 0.3) is 11.5 Å². The standard InChI is InChI=1S/C17H23N3O2/c1-4-17(3)12-20(9-10-21-17)11-15-18-16(22-19-15)14-8-6-5-7-13(14)2/h5-8H,4,9-12H2,1-3H3. The van der Waals surface area contributed by atoms with Gasteiger partial charge in [-0.2, -0.15) is 4.98 Å². The number of morpholine rings is 1. The first-order valence-electron chi connectivity index (χ1n) is 7.84. The minimum atomic E-state index is -0.0686. The lowest BCUT2D eigenvalue weighted by Crippen LogP contribution is -2.49. The Morgan fingerprint density at radius 3 is 2.91 bits per heavy atom. The molecular weight excluding hydrogens is 278 g/mol. The molecule has 0 saturated carbocycles. The highest BCUT2D eigenvalue weighted by atomic mass is 16.5. The van der Waals surface area contributed by atoms with Gasteiger partial charge in [0.1, 0.15) is 0 Å². The topological polar surface area (TPSA) is 51.4 Å². The van der Waals surface area contributed by atoms with Crippen LogP contribution in [0.2, 0.25) is 0 Å². The van der Waals surface area contributed by atoms with Crippen LogP contribution in [0.15, 0.2) is 28.8 Å². The minimum absolute atomic E-state index is 0.0686. The Hall–Kier alpha value is -1.72. The zero-order valence-corrected chi connectivity index (χ0v) is 13.5. The third kappa shape index (κ3) is 3.20. The van der Waals surface area contributed by atoms with E-state index in [4.69, 9.17) is 9.26 Å². The van der Waals surface area contributed by atoms with E-state index in [2.05, 4.69) is 28.9 Å². The SMILES string of the molecule is CCC1(C)CN(Cc2noc(-c3ccccc3C)n2)CCO1. The van der Waals surface area contributed by atoms with Gasteiger partial charge in [0.15, 0.2) is 5.82 Å². The van der Waals surface area contributed by atoms with E-state index in [-0.39, 0.29) is 5.60 Å². The molecule has 0 spiro atoms. The van der Waals surface area contributed by atoms with E-state index >= 15 is 0 Å². The molecule has 0 amide bonds. The fraction of sp³-hybridized carbons (Fsp3) is 0.529. The van der Waals surface area contributed by atoms with Crippen LogP contribution >= 0.6 is 0 Å². The summed E-state index contributed by atoms with van der Waals surface area (Å²) in [6.07, 6.45) is 1.00. The van der Waals surface area contributed by atoms with E-state index in [0.717, 1.165) is 43.1 Å². The maximum atomic E-state index is 5.87. The number of aromatic nitrogens is 2. The molecular formula is C17H23N3O2. The molecule has 1 saturated heterocycles. The van der Waals surface area contributed by atoms with E-state index in [1.54, 1.807) is 0 Å². The van der Waals surface area contributed by atoms with Crippen molar-refractivity contribution in [2.45, 2.75) is 39.3 Å². The van der Waals surface area contributed by atoms with E-state index in [0.29, 0.717) is 12.4 Å². The van der Waals surface area contributed by atoms with Crippen molar-refractivity contribution in [2.75, 3.05) is 19.7 Å². The number of aryl methyl sites for hydroxylation is 1. The van der Waals surface area contributed by atoms with Crippen molar-refractivity contribution >= 4 is 0 Å². The first-order valence-corrected chi connectivity index (χ1v) is 7.84. The van der Waals surface area contributed by atoms with Crippen molar-refractivity contribution in [3.8, 4) is 11.5 Å². The fourth-order valence-electron chi connectivity index (χ4n) is 2.81. The third-order valence-electron chi connectivity index (χ3n) is 4.37. The molecule has 1 aliphatic rings. The van der Waals surface area contributed by atoms with Crippen molar-refractivity contribution in [1.82, 2.24) is 15.0 Å². The molecule has 3 rings (SSSR count). The van der Waals surface area contributed by atoms with Gasteiger partial charge in [0.25, 0.3) is 5.89 Å². The number of ether oxygens (including phenoxy) is 1. The molecule has 0 bridgehead atoms. The summed E-state index contributed by atoms with van der Waals surface area (Å²) < 4.78 is 11.3. The van der Waals surface area contributed by atoms with Gasteiger partial charge in [-0.1, -0.05) is 30.3 Å². The van der Waals surface area contributed by atoms with Crippen molar-refractivity contribution < 1.29 is 9.26 Å². The Bertz CT molecular complexity index is 640. The van der Waals surface area contributed by atoms with Gasteiger partial charge >= 0.3 is 0 Å². The predicted molar refractivity (Wildman–Crippen MR) is 84.4 cm³/mol. The molecule has 0 radical (unpaired) electrons. The minimum Gasteiger partial charge on any atom is -0.373 e. The Morgan fingerprint density at radius 1 is 1.32 bits per heavy atom. The average Bonchev–Trinajstić information content (AvgIpc) is 2.96. The highest BCUT2D eigenvalue weighted by Crippen LogP contribution is 2.24. The van der Waals surface area contributed by atoms with Crippen LogP contribution in [-0.2, 0) is 11.3 Å². The first kappa shape index (κ1) is 15.2. The molecule has 1 aromatic heterocycles. The molecule has 22 heavy (non-hydrogen) atoms. The van der Waals surface area contributed by atoms with Crippen LogP contribution in [-0.4, -0.2) is 40.3 Å². The highest BCUT2D eigenvalue weighted by Gasteiger charge is 2.30. The van der Waals surface area contributed by atoms with E-state index < -0.39 is 0 Å². The van der Waals surface area contributed by atoms with Crippen molar-refractivity contribution in [3.63, 3.8) is 0 Å². The molecule has 2 heterocycles. The summed E-state index contributed by atoms with van der Waals surface area (Å²) in [4.78, 5) is 6.88. The molecule has 1 aliphatic heterocycles. The highest BCUT2D eigenvalue weighted by molar-refractivity contribution is 5.57. The van der Waals surface area contributed by atoms with Crippen LogP contribution in [0.4, 0.5) is 0 Å². The number of rotatable bonds is 4. The lowest BCUT2D eigenvalue weighted by Gasteiger charge is -2.39. The van der Waals surface area contributed by atoms with Crippen LogP contribution < -0.4 is 0 Å². The summed E-state index contributed by atoms with van der Waals surface area (Å²) in [5.74, 6) is 1.33. The molecule has 0 aliphatic carbocycles. The monoisotopic (exact) mass is 301 g/mol. The molecule has 2 aromatic rings. The number of hydrogen-bond acceptors (Lipinski definition) is 5. The second-order valence-electron chi connectivity index (χ2n) is 6.19. The zero-order valence-electron chi connectivity index (χ0n) is 13.5. The molecule has 5 heteroatoms. The third-order valence-corrected chi connectivity index (χ3v) is 4.37. The van der Waals surface area contributed by atoms with Gasteiger partial charge in [0, 0.05) is 18.7 Å². The van der Waals surface area contributed by atoms with E-state index in [1.165, 1.54) is 0 Å². The average molecular weight is 301 g/mol. The van der Waals surface area contributed by atoms with Gasteiger partial charge in [-0.05, 0) is 31.9 Å². The summed E-state index contributed by atoms with van der Waals surface area (Å²) in [5.41, 5.74) is 2.07. The van der Waals surface area contributed by atoms with Gasteiger partial charge in [-0.25, -0.2) is 0 Å². The van der Waals surface area contributed by atoms with Crippen LogP contribution in [0.1, 0.15) is 31.7 Å². The number of hydrogen-bond donors (Lipinski definition) is 0. The van der Waals surface area contributed by atoms with Crippen LogP contribution in [0.3, 0.4) is 0 Å². The largest absolute Gasteiger partial charge is 0.373 e. The predicted octanol–water partition coefficient (Wildman–Crippen LogP) is 3.05. The fourth-order valence-corrected chi connectivity index (χ4v) is 2.81. The summed E-state index contributed by atoms with van der Waals surface area (Å²) in [6, 6.07) is 8.06. The normalized spacial score (nSPS) is 22.9. The first-order chi connectivity index (χ1) is 10.6. The molecule has 5 nitrogen and oxygen atoms in total. The summed E-state index contributed by atoms with van der Waals surface area (Å²) in [5, 5.41) is 4.13. The Labute approximate surface area is 131 Å². The molecule has 0 N–H and O–H groups in total. The molecule has 1 atom stereocenters. The van der Waals surface area contributed by atoms with Crippen LogP contribution in [0, 0.1) is 6.92 Å². The number of nitrogens with zero attached hydrogens (tertiary/aromatic N) is 3. The Morgan fingerprint density at radius 2 is 2.14 bits per heavy atom. The second kappa shape index (κ2) is 6.18. The molecule has 118 valence electrons. The smallest absolute Gasteiger partial charge is 0.258 e. The van der Waals surface area contributed by atoms with Gasteiger partial charge in [-0.3, -0.25) is 4.90 Å². The zero-order chi connectivity index (χ0) is 15.6. The molecule has 1 fully saturated rings. The summed E-state index contributed by atoms with van der Waals surface area (Å²) in [6.45, 7) is 9.64. The van der Waals surface area contributed by atoms with Crippen molar-refractivity contribution in [1.29, 1.82) is 0 Å². The molecule has 1 aromatic carbocycles. The quantitative estimate of drug-likeness (QED) is 0.868. The Kier molecular flexibility index (Phi) is 4.27. The van der Waals surface area contributed by atoms with E-state index in [1.807, 2.05) is 31.2 Å². The van der Waals surface area contributed by atoms with Gasteiger partial charge in [-0.15, -0.1) is 0 Å². The summed E-state index contributed by atoms with van der Waals surface area (Å²) >= 11 is 0. The van der Waals surface area contributed by atoms with Gasteiger partial charge in [0.05, 0.1) is 18.8 Å². The van der Waals surface area contributed by atoms with E-state index in [9.17, 15) is 0 Å². The summed E-state index contributed by atoms with van der Waals surface area (Å²) in [7, 11) is 0. The van der Waals surface area contributed by atoms with Crippen molar-refractivity contribution in [2.24, 2.45) is 0 Å².